The smallest absolute Gasteiger partial charge is 0.159 e. The third-order valence-electron chi connectivity index (χ3n) is 2.93. The number of rotatable bonds is 7. The lowest BCUT2D eigenvalue weighted by Crippen LogP contribution is -2.21. The quantitative estimate of drug-likeness (QED) is 0.755. The molecule has 1 rings (SSSR count). The minimum absolute atomic E-state index is 0.0412. The third-order valence-corrected chi connectivity index (χ3v) is 2.93. The Morgan fingerprint density at radius 1 is 1.17 bits per heavy atom. The maximum atomic E-state index is 13.1. The standard InChI is InChI=1S/C14H22F2N2/c1-11(17-8-4-5-9-18(2)3)12-6-7-13(15)14(16)10-12/h6-7,10-11,17H,4-5,8-9H2,1-3H3. The Morgan fingerprint density at radius 2 is 1.89 bits per heavy atom. The second-order valence-electron chi connectivity index (χ2n) is 4.86. The molecule has 2 nitrogen and oxygen atoms in total. The number of nitrogens with one attached hydrogen (secondary N) is 1. The van der Waals surface area contributed by atoms with Crippen molar-refractivity contribution in [3.8, 4) is 0 Å². The van der Waals surface area contributed by atoms with Gasteiger partial charge in [0.25, 0.3) is 0 Å². The second-order valence-corrected chi connectivity index (χ2v) is 4.86. The Morgan fingerprint density at radius 3 is 2.50 bits per heavy atom. The average Bonchev–Trinajstić information content (AvgIpc) is 2.31. The monoisotopic (exact) mass is 256 g/mol. The molecule has 1 unspecified atom stereocenters. The topological polar surface area (TPSA) is 15.3 Å². The van der Waals surface area contributed by atoms with Crippen LogP contribution in [0.3, 0.4) is 0 Å². The van der Waals surface area contributed by atoms with Gasteiger partial charge in [-0.3, -0.25) is 0 Å². The van der Waals surface area contributed by atoms with Gasteiger partial charge in [0.1, 0.15) is 0 Å². The highest BCUT2D eigenvalue weighted by molar-refractivity contribution is 5.20. The van der Waals surface area contributed by atoms with Crippen molar-refractivity contribution in [3.63, 3.8) is 0 Å². The van der Waals surface area contributed by atoms with Crippen molar-refractivity contribution in [3.05, 3.63) is 35.4 Å². The summed E-state index contributed by atoms with van der Waals surface area (Å²) in [4.78, 5) is 2.15. The Balaban J connectivity index is 2.31. The molecule has 0 spiro atoms. The number of hydrogen-bond donors (Lipinski definition) is 1. The predicted octanol–water partition coefficient (Wildman–Crippen LogP) is 2.96. The molecule has 0 aliphatic heterocycles. The van der Waals surface area contributed by atoms with Crippen LogP contribution in [0.2, 0.25) is 0 Å². The molecule has 0 fully saturated rings. The fourth-order valence-electron chi connectivity index (χ4n) is 1.77. The molecule has 0 aromatic heterocycles. The van der Waals surface area contributed by atoms with Crippen molar-refractivity contribution in [2.75, 3.05) is 27.2 Å². The summed E-state index contributed by atoms with van der Waals surface area (Å²) in [6, 6.07) is 4.09. The molecular weight excluding hydrogens is 234 g/mol. The maximum Gasteiger partial charge on any atom is 0.159 e. The van der Waals surface area contributed by atoms with Gasteiger partial charge in [-0.15, -0.1) is 0 Å². The zero-order chi connectivity index (χ0) is 13.5. The first-order valence-electron chi connectivity index (χ1n) is 6.33. The number of hydrogen-bond acceptors (Lipinski definition) is 2. The summed E-state index contributed by atoms with van der Waals surface area (Å²) < 4.78 is 25.9. The first kappa shape index (κ1) is 15.1. The van der Waals surface area contributed by atoms with Gasteiger partial charge in [0.15, 0.2) is 11.6 Å². The summed E-state index contributed by atoms with van der Waals surface area (Å²) in [7, 11) is 4.11. The van der Waals surface area contributed by atoms with Crippen molar-refractivity contribution in [2.45, 2.75) is 25.8 Å². The Hall–Kier alpha value is -1.00. The van der Waals surface area contributed by atoms with E-state index in [0.717, 1.165) is 31.5 Å². The lowest BCUT2D eigenvalue weighted by atomic mass is 10.1. The Labute approximate surface area is 108 Å². The van der Waals surface area contributed by atoms with Gasteiger partial charge >= 0.3 is 0 Å². The van der Waals surface area contributed by atoms with E-state index in [2.05, 4.69) is 24.3 Å². The maximum absolute atomic E-state index is 13.1. The molecule has 1 aromatic carbocycles. The van der Waals surface area contributed by atoms with Crippen LogP contribution in [0.1, 0.15) is 31.4 Å². The minimum atomic E-state index is -0.795. The number of nitrogens with zero attached hydrogens (tertiary/aromatic N) is 1. The van der Waals surface area contributed by atoms with E-state index in [-0.39, 0.29) is 6.04 Å². The molecule has 102 valence electrons. The highest BCUT2D eigenvalue weighted by Crippen LogP contribution is 2.15. The van der Waals surface area contributed by atoms with E-state index in [0.29, 0.717) is 0 Å². The Bertz CT molecular complexity index is 367. The number of unbranched alkanes of at least 4 members (excludes halogenated alkanes) is 1. The van der Waals surface area contributed by atoms with Crippen molar-refractivity contribution >= 4 is 0 Å². The van der Waals surface area contributed by atoms with Crippen LogP contribution in [-0.4, -0.2) is 32.1 Å². The zero-order valence-electron chi connectivity index (χ0n) is 11.3. The van der Waals surface area contributed by atoms with Crippen LogP contribution in [0, 0.1) is 11.6 Å². The van der Waals surface area contributed by atoms with E-state index in [1.807, 2.05) is 6.92 Å². The lowest BCUT2D eigenvalue weighted by molar-refractivity contribution is 0.389. The van der Waals surface area contributed by atoms with E-state index in [1.165, 1.54) is 12.1 Å². The fraction of sp³-hybridized carbons (Fsp3) is 0.571. The van der Waals surface area contributed by atoms with Gasteiger partial charge < -0.3 is 10.2 Å². The van der Waals surface area contributed by atoms with E-state index in [4.69, 9.17) is 0 Å². The first-order valence-corrected chi connectivity index (χ1v) is 6.33. The lowest BCUT2D eigenvalue weighted by Gasteiger charge is -2.15. The Kier molecular flexibility index (Phi) is 6.22. The number of halogens is 2. The fourth-order valence-corrected chi connectivity index (χ4v) is 1.77. The van der Waals surface area contributed by atoms with Crippen LogP contribution in [-0.2, 0) is 0 Å². The summed E-state index contributed by atoms with van der Waals surface area (Å²) in [5.74, 6) is -1.58. The molecule has 0 amide bonds. The molecule has 0 saturated carbocycles. The molecule has 0 bridgehead atoms. The molecule has 0 aliphatic rings. The largest absolute Gasteiger partial charge is 0.310 e. The normalized spacial score (nSPS) is 13.0. The van der Waals surface area contributed by atoms with Crippen LogP contribution in [0.5, 0.6) is 0 Å². The molecule has 0 saturated heterocycles. The van der Waals surface area contributed by atoms with Gasteiger partial charge in [0.2, 0.25) is 0 Å². The van der Waals surface area contributed by atoms with E-state index in [1.54, 1.807) is 6.07 Å². The van der Waals surface area contributed by atoms with Crippen LogP contribution in [0.25, 0.3) is 0 Å². The van der Waals surface area contributed by atoms with Crippen LogP contribution >= 0.6 is 0 Å². The molecule has 1 atom stereocenters. The third kappa shape index (κ3) is 5.10. The molecule has 0 heterocycles. The summed E-state index contributed by atoms with van der Waals surface area (Å²) >= 11 is 0. The van der Waals surface area contributed by atoms with Gasteiger partial charge in [0, 0.05) is 6.04 Å². The van der Waals surface area contributed by atoms with Gasteiger partial charge in [-0.05, 0) is 64.6 Å². The number of benzene rings is 1. The predicted molar refractivity (Wildman–Crippen MR) is 70.6 cm³/mol. The van der Waals surface area contributed by atoms with Crippen molar-refractivity contribution in [1.82, 2.24) is 10.2 Å². The second kappa shape index (κ2) is 7.44. The van der Waals surface area contributed by atoms with Crippen molar-refractivity contribution in [1.29, 1.82) is 0 Å². The summed E-state index contributed by atoms with van der Waals surface area (Å²) in [5.41, 5.74) is 0.779. The van der Waals surface area contributed by atoms with Crippen LogP contribution in [0.15, 0.2) is 18.2 Å². The van der Waals surface area contributed by atoms with E-state index < -0.39 is 11.6 Å². The van der Waals surface area contributed by atoms with Gasteiger partial charge in [-0.1, -0.05) is 6.07 Å². The van der Waals surface area contributed by atoms with Crippen molar-refractivity contribution < 1.29 is 8.78 Å². The highest BCUT2D eigenvalue weighted by Gasteiger charge is 2.08. The molecule has 18 heavy (non-hydrogen) atoms. The average molecular weight is 256 g/mol. The van der Waals surface area contributed by atoms with Gasteiger partial charge in [0.05, 0.1) is 0 Å². The first-order chi connectivity index (χ1) is 8.50. The molecule has 1 aromatic rings. The zero-order valence-corrected chi connectivity index (χ0v) is 11.3. The SMILES string of the molecule is CC(NCCCCN(C)C)c1ccc(F)c(F)c1. The van der Waals surface area contributed by atoms with Crippen LogP contribution < -0.4 is 5.32 Å². The molecule has 0 aliphatic carbocycles. The summed E-state index contributed by atoms with van der Waals surface area (Å²) in [6.45, 7) is 3.91. The van der Waals surface area contributed by atoms with Gasteiger partial charge in [-0.2, -0.15) is 0 Å². The molecule has 4 heteroatoms. The van der Waals surface area contributed by atoms with Crippen LogP contribution in [0.4, 0.5) is 8.78 Å². The van der Waals surface area contributed by atoms with E-state index >= 15 is 0 Å². The minimum Gasteiger partial charge on any atom is -0.310 e. The molecule has 0 radical (unpaired) electrons. The summed E-state index contributed by atoms with van der Waals surface area (Å²) in [6.07, 6.45) is 2.21. The van der Waals surface area contributed by atoms with Crippen molar-refractivity contribution in [2.24, 2.45) is 0 Å². The molecular formula is C14H22F2N2. The summed E-state index contributed by atoms with van der Waals surface area (Å²) in [5, 5.41) is 3.31. The molecule has 1 N–H and O–H groups in total. The van der Waals surface area contributed by atoms with Gasteiger partial charge in [-0.25, -0.2) is 8.78 Å². The van der Waals surface area contributed by atoms with E-state index in [9.17, 15) is 8.78 Å². The highest BCUT2D eigenvalue weighted by atomic mass is 19.2.